The molecule has 1 aromatic carbocycles. The Labute approximate surface area is 222 Å². The summed E-state index contributed by atoms with van der Waals surface area (Å²) >= 11 is 0. The molecule has 6 rings (SSSR count). The summed E-state index contributed by atoms with van der Waals surface area (Å²) < 4.78 is 26.7. The summed E-state index contributed by atoms with van der Waals surface area (Å²) in [6, 6.07) is 10.3. The lowest BCUT2D eigenvalue weighted by Gasteiger charge is -2.53. The molecule has 0 bridgehead atoms. The molecule has 0 radical (unpaired) electrons. The van der Waals surface area contributed by atoms with Crippen LogP contribution in [-0.2, 0) is 10.2 Å². The molecule has 2 aromatic rings. The van der Waals surface area contributed by atoms with Crippen molar-refractivity contribution in [2.75, 3.05) is 45.8 Å². The number of amides is 2. The summed E-state index contributed by atoms with van der Waals surface area (Å²) in [5.41, 5.74) is 3.17. The average Bonchev–Trinajstić information content (AvgIpc) is 3.41. The summed E-state index contributed by atoms with van der Waals surface area (Å²) in [6.45, 7) is 9.27. The summed E-state index contributed by atoms with van der Waals surface area (Å²) in [4.78, 5) is 40.7. The van der Waals surface area contributed by atoms with Crippen molar-refractivity contribution in [1.29, 1.82) is 0 Å². The third-order valence-electron chi connectivity index (χ3n) is 9.32. The predicted octanol–water partition coefficient (Wildman–Crippen LogP) is 3.31. The summed E-state index contributed by atoms with van der Waals surface area (Å²) in [5.74, 6) is -2.38. The Kier molecular flexibility index (Phi) is 6.24. The van der Waals surface area contributed by atoms with Gasteiger partial charge >= 0.3 is 0 Å². The van der Waals surface area contributed by atoms with Gasteiger partial charge in [-0.2, -0.15) is 0 Å². The Morgan fingerprint density at radius 1 is 0.921 bits per heavy atom. The highest BCUT2D eigenvalue weighted by molar-refractivity contribution is 5.96. The van der Waals surface area contributed by atoms with E-state index in [0.29, 0.717) is 30.5 Å². The number of aryl methyl sites for hydroxylation is 2. The van der Waals surface area contributed by atoms with Gasteiger partial charge in [-0.15, -0.1) is 0 Å². The number of halogens is 2. The van der Waals surface area contributed by atoms with Gasteiger partial charge in [0, 0.05) is 63.4 Å². The zero-order valence-corrected chi connectivity index (χ0v) is 22.1. The quantitative estimate of drug-likeness (QED) is 0.581. The minimum absolute atomic E-state index is 0.0352. The van der Waals surface area contributed by atoms with Crippen LogP contribution in [0.2, 0.25) is 0 Å². The van der Waals surface area contributed by atoms with E-state index in [1.54, 1.807) is 4.90 Å². The van der Waals surface area contributed by atoms with Gasteiger partial charge in [0.15, 0.2) is 0 Å². The number of carbonyl (C=O) groups is 2. The molecule has 3 aliphatic heterocycles. The number of hydrogen-bond acceptors (Lipinski definition) is 5. The van der Waals surface area contributed by atoms with Crippen molar-refractivity contribution < 1.29 is 18.4 Å². The maximum Gasteiger partial charge on any atom is 0.257 e. The molecule has 1 saturated carbocycles. The molecule has 9 heteroatoms. The number of carbonyl (C=O) groups excluding carboxylic acids is 2. The van der Waals surface area contributed by atoms with E-state index in [-0.39, 0.29) is 30.1 Å². The molecule has 4 aliphatic rings. The van der Waals surface area contributed by atoms with Crippen LogP contribution in [0.5, 0.6) is 0 Å². The average molecular weight is 524 g/mol. The van der Waals surface area contributed by atoms with Gasteiger partial charge in [-0.1, -0.05) is 30.3 Å². The SMILES string of the molecule is Cc1ncnc(C)c1C(=O)N1CC2CN(CCC3(c4ccccc4)CN(C(=O)C4CC(F)(F)C4)C3)CC2C1. The van der Waals surface area contributed by atoms with Gasteiger partial charge in [0.05, 0.1) is 17.0 Å². The molecule has 202 valence electrons. The van der Waals surface area contributed by atoms with Crippen molar-refractivity contribution in [3.63, 3.8) is 0 Å². The Bertz CT molecular complexity index is 1190. The molecule has 3 saturated heterocycles. The molecule has 38 heavy (non-hydrogen) atoms. The van der Waals surface area contributed by atoms with Crippen LogP contribution in [0, 0.1) is 31.6 Å². The van der Waals surface area contributed by atoms with Gasteiger partial charge in [0.1, 0.15) is 6.33 Å². The van der Waals surface area contributed by atoms with E-state index in [9.17, 15) is 18.4 Å². The van der Waals surface area contributed by atoms with Crippen LogP contribution >= 0.6 is 0 Å². The lowest BCUT2D eigenvalue weighted by Crippen LogP contribution is -2.64. The number of nitrogens with zero attached hydrogens (tertiary/aromatic N) is 5. The zero-order chi connectivity index (χ0) is 26.7. The maximum absolute atomic E-state index is 13.3. The summed E-state index contributed by atoms with van der Waals surface area (Å²) in [7, 11) is 0. The monoisotopic (exact) mass is 523 g/mol. The first-order chi connectivity index (χ1) is 18.1. The minimum Gasteiger partial charge on any atom is -0.341 e. The molecule has 1 aliphatic carbocycles. The van der Waals surface area contributed by atoms with Crippen molar-refractivity contribution in [1.82, 2.24) is 24.7 Å². The molecule has 0 spiro atoms. The molecule has 4 heterocycles. The standard InChI is InChI=1S/C29H35F2N5O2/c1-19-25(20(2)33-18-32-19)27(38)35-14-22-12-34(13-23(22)15-35)9-8-28(24-6-4-3-5-7-24)16-36(17-28)26(37)21-10-29(30,31)11-21/h3-7,18,21-23H,8-17H2,1-2H3. The Morgan fingerprint density at radius 2 is 1.53 bits per heavy atom. The molecule has 7 nitrogen and oxygen atoms in total. The van der Waals surface area contributed by atoms with Crippen molar-refractivity contribution in [3.05, 3.63) is 59.2 Å². The maximum atomic E-state index is 13.3. The number of hydrogen-bond donors (Lipinski definition) is 0. The van der Waals surface area contributed by atoms with E-state index in [2.05, 4.69) is 27.0 Å². The number of fused-ring (bicyclic) bond motifs is 1. The number of alkyl halides is 2. The predicted molar refractivity (Wildman–Crippen MR) is 138 cm³/mol. The molecule has 0 N–H and O–H groups in total. The van der Waals surface area contributed by atoms with Crippen LogP contribution < -0.4 is 0 Å². The normalized spacial score (nSPS) is 26.1. The summed E-state index contributed by atoms with van der Waals surface area (Å²) in [5, 5.41) is 0. The van der Waals surface area contributed by atoms with Crippen LogP contribution in [0.1, 0.15) is 46.6 Å². The minimum atomic E-state index is -2.68. The van der Waals surface area contributed by atoms with Crippen LogP contribution in [-0.4, -0.2) is 88.2 Å². The van der Waals surface area contributed by atoms with Crippen molar-refractivity contribution >= 4 is 11.8 Å². The van der Waals surface area contributed by atoms with Crippen LogP contribution in [0.4, 0.5) is 8.78 Å². The molecule has 2 amide bonds. The molecular formula is C29H35F2N5O2. The molecule has 2 atom stereocenters. The van der Waals surface area contributed by atoms with E-state index in [4.69, 9.17) is 0 Å². The fourth-order valence-corrected chi connectivity index (χ4v) is 7.08. The van der Waals surface area contributed by atoms with Crippen LogP contribution in [0.15, 0.2) is 36.7 Å². The molecule has 4 fully saturated rings. The van der Waals surface area contributed by atoms with Gasteiger partial charge in [0.2, 0.25) is 11.8 Å². The highest BCUT2D eigenvalue weighted by Gasteiger charge is 2.54. The van der Waals surface area contributed by atoms with Crippen LogP contribution in [0.25, 0.3) is 0 Å². The molecular weight excluding hydrogens is 488 g/mol. The number of likely N-dealkylation sites (tertiary alicyclic amines) is 3. The Balaban J connectivity index is 1.06. The third-order valence-corrected chi connectivity index (χ3v) is 9.32. The number of rotatable bonds is 6. The van der Waals surface area contributed by atoms with Crippen molar-refractivity contribution in [3.8, 4) is 0 Å². The van der Waals surface area contributed by atoms with E-state index in [0.717, 1.165) is 50.5 Å². The van der Waals surface area contributed by atoms with Gasteiger partial charge in [-0.25, -0.2) is 18.7 Å². The van der Waals surface area contributed by atoms with Gasteiger partial charge in [-0.05, 0) is 44.2 Å². The first-order valence-electron chi connectivity index (χ1n) is 13.7. The van der Waals surface area contributed by atoms with Gasteiger partial charge < -0.3 is 14.7 Å². The van der Waals surface area contributed by atoms with E-state index in [1.807, 2.05) is 36.9 Å². The topological polar surface area (TPSA) is 69.6 Å². The highest BCUT2D eigenvalue weighted by Crippen LogP contribution is 2.46. The van der Waals surface area contributed by atoms with Gasteiger partial charge in [-0.3, -0.25) is 9.59 Å². The van der Waals surface area contributed by atoms with Crippen LogP contribution in [0.3, 0.4) is 0 Å². The first-order valence-corrected chi connectivity index (χ1v) is 13.7. The van der Waals surface area contributed by atoms with Crippen molar-refractivity contribution in [2.45, 2.75) is 44.4 Å². The summed E-state index contributed by atoms with van der Waals surface area (Å²) in [6.07, 6.45) is 1.80. The largest absolute Gasteiger partial charge is 0.341 e. The Hall–Kier alpha value is -2.94. The van der Waals surface area contributed by atoms with Crippen molar-refractivity contribution in [2.24, 2.45) is 17.8 Å². The van der Waals surface area contributed by atoms with E-state index in [1.165, 1.54) is 11.9 Å². The highest BCUT2D eigenvalue weighted by atomic mass is 19.3. The van der Waals surface area contributed by atoms with E-state index >= 15 is 0 Å². The number of benzene rings is 1. The molecule has 1 aromatic heterocycles. The molecule has 2 unspecified atom stereocenters. The second-order valence-electron chi connectivity index (χ2n) is 12.0. The third kappa shape index (κ3) is 4.48. The fraction of sp³-hybridized carbons (Fsp3) is 0.586. The second-order valence-corrected chi connectivity index (χ2v) is 12.0. The second kappa shape index (κ2) is 9.36. The lowest BCUT2D eigenvalue weighted by atomic mass is 9.69. The first kappa shape index (κ1) is 25.3. The fourth-order valence-electron chi connectivity index (χ4n) is 7.08. The zero-order valence-electron chi connectivity index (χ0n) is 22.1. The van der Waals surface area contributed by atoms with E-state index < -0.39 is 11.8 Å². The lowest BCUT2D eigenvalue weighted by molar-refractivity contribution is -0.167. The smallest absolute Gasteiger partial charge is 0.257 e. The van der Waals surface area contributed by atoms with Gasteiger partial charge in [0.25, 0.3) is 5.91 Å². The number of aromatic nitrogens is 2. The Morgan fingerprint density at radius 3 is 2.11 bits per heavy atom.